The van der Waals surface area contributed by atoms with Crippen molar-refractivity contribution in [2.75, 3.05) is 0 Å². The van der Waals surface area contributed by atoms with Crippen LogP contribution in [-0.2, 0) is 6.42 Å². The number of hydrogen-bond donors (Lipinski definition) is 1. The van der Waals surface area contributed by atoms with Gasteiger partial charge in [-0.3, -0.25) is 4.98 Å². The largest absolute Gasteiger partial charge is 0.324 e. The molecule has 1 aromatic carbocycles. The summed E-state index contributed by atoms with van der Waals surface area (Å²) >= 11 is 6.02. The fourth-order valence-electron chi connectivity index (χ4n) is 2.06. The van der Waals surface area contributed by atoms with Gasteiger partial charge in [0, 0.05) is 29.4 Å². The second kappa shape index (κ2) is 5.51. The SMILES string of the molecule is Cc1ccc(Cl)cc1C(N)Cc1ncccc1C. The fourth-order valence-corrected chi connectivity index (χ4v) is 2.24. The number of aromatic nitrogens is 1. The Bertz CT molecular complexity index is 552. The first kappa shape index (κ1) is 13.1. The number of hydrogen-bond acceptors (Lipinski definition) is 2. The maximum Gasteiger partial charge on any atom is 0.0451 e. The summed E-state index contributed by atoms with van der Waals surface area (Å²) in [6.07, 6.45) is 2.54. The van der Waals surface area contributed by atoms with Gasteiger partial charge in [-0.25, -0.2) is 0 Å². The van der Waals surface area contributed by atoms with Crippen LogP contribution < -0.4 is 5.73 Å². The van der Waals surface area contributed by atoms with E-state index in [1.807, 2.05) is 24.3 Å². The molecule has 0 saturated carbocycles. The number of nitrogens with two attached hydrogens (primary N) is 1. The quantitative estimate of drug-likeness (QED) is 0.916. The third-order valence-electron chi connectivity index (χ3n) is 3.17. The average molecular weight is 261 g/mol. The van der Waals surface area contributed by atoms with Crippen molar-refractivity contribution in [3.05, 3.63) is 63.9 Å². The number of nitrogens with zero attached hydrogens (tertiary/aromatic N) is 1. The zero-order chi connectivity index (χ0) is 13.1. The van der Waals surface area contributed by atoms with Gasteiger partial charge in [0.15, 0.2) is 0 Å². The minimum atomic E-state index is -0.0719. The summed E-state index contributed by atoms with van der Waals surface area (Å²) in [5.41, 5.74) is 10.7. The molecule has 2 N–H and O–H groups in total. The predicted molar refractivity (Wildman–Crippen MR) is 75.8 cm³/mol. The van der Waals surface area contributed by atoms with Crippen LogP contribution in [0.25, 0.3) is 0 Å². The summed E-state index contributed by atoms with van der Waals surface area (Å²) in [7, 11) is 0. The van der Waals surface area contributed by atoms with Crippen molar-refractivity contribution in [2.24, 2.45) is 5.73 Å². The number of pyridine rings is 1. The molecular weight excluding hydrogens is 244 g/mol. The lowest BCUT2D eigenvalue weighted by Crippen LogP contribution is -2.16. The summed E-state index contributed by atoms with van der Waals surface area (Å²) < 4.78 is 0. The fraction of sp³-hybridized carbons (Fsp3) is 0.267. The highest BCUT2D eigenvalue weighted by Gasteiger charge is 2.12. The van der Waals surface area contributed by atoms with E-state index in [0.29, 0.717) is 0 Å². The molecule has 0 radical (unpaired) electrons. The van der Waals surface area contributed by atoms with Gasteiger partial charge in [-0.15, -0.1) is 0 Å². The molecule has 2 nitrogen and oxygen atoms in total. The van der Waals surface area contributed by atoms with Crippen LogP contribution in [0.5, 0.6) is 0 Å². The molecule has 1 heterocycles. The third-order valence-corrected chi connectivity index (χ3v) is 3.41. The van der Waals surface area contributed by atoms with E-state index >= 15 is 0 Å². The first-order chi connectivity index (χ1) is 8.58. The zero-order valence-corrected chi connectivity index (χ0v) is 11.4. The highest BCUT2D eigenvalue weighted by molar-refractivity contribution is 6.30. The van der Waals surface area contributed by atoms with E-state index in [1.54, 1.807) is 6.20 Å². The molecule has 0 aliphatic carbocycles. The van der Waals surface area contributed by atoms with Crippen LogP contribution >= 0.6 is 11.6 Å². The molecule has 94 valence electrons. The molecule has 2 rings (SSSR count). The summed E-state index contributed by atoms with van der Waals surface area (Å²) in [5, 5.41) is 0.726. The van der Waals surface area contributed by atoms with Gasteiger partial charge in [-0.05, 0) is 48.7 Å². The van der Waals surface area contributed by atoms with Crippen molar-refractivity contribution in [1.29, 1.82) is 0 Å². The summed E-state index contributed by atoms with van der Waals surface area (Å²) in [5.74, 6) is 0. The Morgan fingerprint density at radius 3 is 2.72 bits per heavy atom. The second-order valence-electron chi connectivity index (χ2n) is 4.58. The number of benzene rings is 1. The summed E-state index contributed by atoms with van der Waals surface area (Å²) in [6.45, 7) is 4.11. The van der Waals surface area contributed by atoms with E-state index in [0.717, 1.165) is 22.7 Å². The van der Waals surface area contributed by atoms with E-state index in [2.05, 4.69) is 24.9 Å². The monoisotopic (exact) mass is 260 g/mol. The Hall–Kier alpha value is -1.38. The van der Waals surface area contributed by atoms with Crippen LogP contribution in [0.3, 0.4) is 0 Å². The van der Waals surface area contributed by atoms with Gasteiger partial charge in [0.1, 0.15) is 0 Å². The maximum atomic E-state index is 6.27. The highest BCUT2D eigenvalue weighted by Crippen LogP contribution is 2.23. The lowest BCUT2D eigenvalue weighted by molar-refractivity contribution is 0.698. The van der Waals surface area contributed by atoms with Crippen LogP contribution in [0.15, 0.2) is 36.5 Å². The lowest BCUT2D eigenvalue weighted by Gasteiger charge is -2.15. The van der Waals surface area contributed by atoms with Crippen molar-refractivity contribution in [3.63, 3.8) is 0 Å². The maximum absolute atomic E-state index is 6.27. The van der Waals surface area contributed by atoms with Gasteiger partial charge in [0.2, 0.25) is 0 Å². The Labute approximate surface area is 113 Å². The molecule has 0 spiro atoms. The van der Waals surface area contributed by atoms with Crippen molar-refractivity contribution in [3.8, 4) is 0 Å². The minimum Gasteiger partial charge on any atom is -0.324 e. The molecule has 1 aromatic heterocycles. The highest BCUT2D eigenvalue weighted by atomic mass is 35.5. The zero-order valence-electron chi connectivity index (χ0n) is 10.7. The standard InChI is InChI=1S/C15H17ClN2/c1-10-5-6-12(16)8-13(10)14(17)9-15-11(2)4-3-7-18-15/h3-8,14H,9,17H2,1-2H3. The van der Waals surface area contributed by atoms with Crippen LogP contribution in [-0.4, -0.2) is 4.98 Å². The average Bonchev–Trinajstić information content (AvgIpc) is 2.35. The Morgan fingerprint density at radius 2 is 2.00 bits per heavy atom. The molecular formula is C15H17ClN2. The van der Waals surface area contributed by atoms with Crippen molar-refractivity contribution < 1.29 is 0 Å². The molecule has 18 heavy (non-hydrogen) atoms. The Morgan fingerprint density at radius 1 is 1.22 bits per heavy atom. The number of aryl methyl sites for hydroxylation is 2. The topological polar surface area (TPSA) is 38.9 Å². The molecule has 0 bridgehead atoms. The third kappa shape index (κ3) is 2.89. The predicted octanol–water partition coefficient (Wildman–Crippen LogP) is 3.59. The van der Waals surface area contributed by atoms with Crippen LogP contribution in [0.1, 0.15) is 28.4 Å². The van der Waals surface area contributed by atoms with Gasteiger partial charge >= 0.3 is 0 Å². The number of halogens is 1. The Balaban J connectivity index is 2.25. The van der Waals surface area contributed by atoms with Gasteiger partial charge in [-0.1, -0.05) is 23.7 Å². The molecule has 3 heteroatoms. The molecule has 2 aromatic rings. The van der Waals surface area contributed by atoms with E-state index in [9.17, 15) is 0 Å². The van der Waals surface area contributed by atoms with Crippen LogP contribution in [0, 0.1) is 13.8 Å². The van der Waals surface area contributed by atoms with Crippen molar-refractivity contribution in [2.45, 2.75) is 26.3 Å². The van der Waals surface area contributed by atoms with Gasteiger partial charge in [-0.2, -0.15) is 0 Å². The normalized spacial score (nSPS) is 12.4. The van der Waals surface area contributed by atoms with Gasteiger partial charge in [0.25, 0.3) is 0 Å². The first-order valence-corrected chi connectivity index (χ1v) is 6.38. The molecule has 0 aliphatic heterocycles. The van der Waals surface area contributed by atoms with E-state index in [4.69, 9.17) is 17.3 Å². The second-order valence-corrected chi connectivity index (χ2v) is 5.01. The smallest absolute Gasteiger partial charge is 0.0451 e. The molecule has 1 unspecified atom stereocenters. The van der Waals surface area contributed by atoms with E-state index in [1.165, 1.54) is 11.1 Å². The van der Waals surface area contributed by atoms with Crippen LogP contribution in [0.4, 0.5) is 0 Å². The van der Waals surface area contributed by atoms with Gasteiger partial charge in [0.05, 0.1) is 0 Å². The number of rotatable bonds is 3. The van der Waals surface area contributed by atoms with Crippen molar-refractivity contribution in [1.82, 2.24) is 4.98 Å². The molecule has 0 fully saturated rings. The van der Waals surface area contributed by atoms with Crippen molar-refractivity contribution >= 4 is 11.6 Å². The molecule has 1 atom stereocenters. The summed E-state index contributed by atoms with van der Waals surface area (Å²) in [4.78, 5) is 4.38. The van der Waals surface area contributed by atoms with E-state index in [-0.39, 0.29) is 6.04 Å². The van der Waals surface area contributed by atoms with Gasteiger partial charge < -0.3 is 5.73 Å². The lowest BCUT2D eigenvalue weighted by atomic mass is 9.97. The molecule has 0 aliphatic rings. The van der Waals surface area contributed by atoms with Crippen LogP contribution in [0.2, 0.25) is 5.02 Å². The molecule has 0 saturated heterocycles. The molecule has 0 amide bonds. The summed E-state index contributed by atoms with van der Waals surface area (Å²) in [6, 6.07) is 9.76. The van der Waals surface area contributed by atoms with E-state index < -0.39 is 0 Å². The Kier molecular flexibility index (Phi) is 4.00. The minimum absolute atomic E-state index is 0.0719. The first-order valence-electron chi connectivity index (χ1n) is 6.00.